The Bertz CT molecular complexity index is 716. The maximum Gasteiger partial charge on any atom is 0.201 e. The summed E-state index contributed by atoms with van der Waals surface area (Å²) in [7, 11) is 0. The minimum atomic E-state index is 0.486. The lowest BCUT2D eigenvalue weighted by Gasteiger charge is -2.03. The molecular weight excluding hydrogens is 268 g/mol. The van der Waals surface area contributed by atoms with Crippen LogP contribution in [0.4, 0.5) is 5.95 Å². The number of hydrogen-bond acceptors (Lipinski definition) is 4. The molecule has 1 aromatic carbocycles. The number of halogens is 1. The van der Waals surface area contributed by atoms with E-state index in [9.17, 15) is 0 Å². The van der Waals surface area contributed by atoms with Gasteiger partial charge in [0.2, 0.25) is 5.95 Å². The van der Waals surface area contributed by atoms with E-state index >= 15 is 0 Å². The zero-order valence-electron chi connectivity index (χ0n) is 9.72. The van der Waals surface area contributed by atoms with Crippen molar-refractivity contribution in [3.05, 3.63) is 39.3 Å². The van der Waals surface area contributed by atoms with Crippen LogP contribution < -0.4 is 5.73 Å². The van der Waals surface area contributed by atoms with Crippen LogP contribution >= 0.6 is 22.9 Å². The van der Waals surface area contributed by atoms with Gasteiger partial charge in [-0.05, 0) is 25.1 Å². The second-order valence-corrected chi connectivity index (χ2v) is 5.45. The van der Waals surface area contributed by atoms with Gasteiger partial charge in [0.15, 0.2) is 0 Å². The predicted molar refractivity (Wildman–Crippen MR) is 75.1 cm³/mol. The van der Waals surface area contributed by atoms with Crippen LogP contribution in [0.2, 0.25) is 5.02 Å². The molecule has 0 saturated carbocycles. The first kappa shape index (κ1) is 11.5. The van der Waals surface area contributed by atoms with Gasteiger partial charge in [0, 0.05) is 16.1 Å². The van der Waals surface area contributed by atoms with Crippen molar-refractivity contribution in [1.82, 2.24) is 14.5 Å². The quantitative estimate of drug-likeness (QED) is 0.784. The molecule has 2 aromatic heterocycles. The summed E-state index contributed by atoms with van der Waals surface area (Å²) in [6, 6.07) is 5.56. The summed E-state index contributed by atoms with van der Waals surface area (Å²) in [5, 5.41) is 3.72. The highest BCUT2D eigenvalue weighted by atomic mass is 35.5. The Morgan fingerprint density at radius 3 is 2.94 bits per heavy atom. The predicted octanol–water partition coefficient (Wildman–Crippen LogP) is 3.09. The Morgan fingerprint density at radius 1 is 1.39 bits per heavy atom. The number of benzene rings is 1. The van der Waals surface area contributed by atoms with Gasteiger partial charge < -0.3 is 10.3 Å². The Labute approximate surface area is 113 Å². The normalized spacial score (nSPS) is 11.2. The molecule has 0 fully saturated rings. The van der Waals surface area contributed by atoms with Crippen molar-refractivity contribution in [2.45, 2.75) is 13.5 Å². The fourth-order valence-electron chi connectivity index (χ4n) is 1.89. The van der Waals surface area contributed by atoms with Crippen LogP contribution in [0.5, 0.6) is 0 Å². The van der Waals surface area contributed by atoms with Gasteiger partial charge in [-0.3, -0.25) is 0 Å². The maximum absolute atomic E-state index is 6.01. The third kappa shape index (κ3) is 1.95. The Balaban J connectivity index is 2.10. The molecule has 0 aliphatic rings. The fourth-order valence-corrected chi connectivity index (χ4v) is 2.82. The van der Waals surface area contributed by atoms with Crippen molar-refractivity contribution < 1.29 is 0 Å². The Morgan fingerprint density at radius 2 is 2.22 bits per heavy atom. The molecule has 2 N–H and O–H groups in total. The van der Waals surface area contributed by atoms with E-state index in [1.165, 1.54) is 0 Å². The smallest absolute Gasteiger partial charge is 0.201 e. The molecule has 0 atom stereocenters. The lowest BCUT2D eigenvalue weighted by atomic mass is 10.3. The molecule has 0 aliphatic carbocycles. The monoisotopic (exact) mass is 278 g/mol. The first-order chi connectivity index (χ1) is 8.63. The van der Waals surface area contributed by atoms with E-state index < -0.39 is 0 Å². The van der Waals surface area contributed by atoms with E-state index in [0.29, 0.717) is 17.5 Å². The van der Waals surface area contributed by atoms with E-state index in [-0.39, 0.29) is 0 Å². The number of rotatable bonds is 2. The number of aryl methyl sites for hydroxylation is 1. The van der Waals surface area contributed by atoms with Crippen molar-refractivity contribution in [3.8, 4) is 0 Å². The van der Waals surface area contributed by atoms with Gasteiger partial charge in [-0.15, -0.1) is 11.3 Å². The van der Waals surface area contributed by atoms with E-state index in [2.05, 4.69) is 9.97 Å². The van der Waals surface area contributed by atoms with Crippen molar-refractivity contribution >= 4 is 39.9 Å². The average Bonchev–Trinajstić information content (AvgIpc) is 2.86. The third-order valence-corrected chi connectivity index (χ3v) is 3.89. The number of nitrogens with zero attached hydrogens (tertiary/aromatic N) is 3. The SMILES string of the molecule is Cc1csc(Cn2c(N)nc3ccc(Cl)cc32)n1. The van der Waals surface area contributed by atoms with Crippen molar-refractivity contribution in [2.24, 2.45) is 0 Å². The zero-order valence-corrected chi connectivity index (χ0v) is 11.3. The molecule has 0 amide bonds. The van der Waals surface area contributed by atoms with Crippen molar-refractivity contribution in [1.29, 1.82) is 0 Å². The largest absolute Gasteiger partial charge is 0.369 e. The van der Waals surface area contributed by atoms with Crippen LogP contribution in [0.3, 0.4) is 0 Å². The molecular formula is C12H11ClN4S. The Kier molecular flexibility index (Phi) is 2.72. The lowest BCUT2D eigenvalue weighted by molar-refractivity contribution is 0.826. The van der Waals surface area contributed by atoms with Gasteiger partial charge in [-0.25, -0.2) is 9.97 Å². The second kappa shape index (κ2) is 4.26. The van der Waals surface area contributed by atoms with Crippen LogP contribution in [0, 0.1) is 6.92 Å². The topological polar surface area (TPSA) is 56.7 Å². The molecule has 0 radical (unpaired) electrons. The molecule has 4 nitrogen and oxygen atoms in total. The van der Waals surface area contributed by atoms with Gasteiger partial charge in [-0.2, -0.15) is 0 Å². The molecule has 3 aromatic rings. The standard InChI is InChI=1S/C12H11ClN4S/c1-7-6-18-11(15-7)5-17-10-4-8(13)2-3-9(10)16-12(17)14/h2-4,6H,5H2,1H3,(H2,14,16). The zero-order chi connectivity index (χ0) is 12.7. The summed E-state index contributed by atoms with van der Waals surface area (Å²) in [4.78, 5) is 8.75. The minimum Gasteiger partial charge on any atom is -0.369 e. The number of fused-ring (bicyclic) bond motifs is 1. The number of thiazole rings is 1. The number of nitrogen functional groups attached to an aromatic ring is 1. The lowest BCUT2D eigenvalue weighted by Crippen LogP contribution is -2.04. The molecule has 2 heterocycles. The molecule has 92 valence electrons. The molecule has 3 rings (SSSR count). The molecule has 0 saturated heterocycles. The molecule has 0 unspecified atom stereocenters. The van der Waals surface area contributed by atoms with Crippen LogP contribution in [0.1, 0.15) is 10.7 Å². The first-order valence-corrected chi connectivity index (χ1v) is 6.71. The summed E-state index contributed by atoms with van der Waals surface area (Å²) >= 11 is 7.63. The number of anilines is 1. The van der Waals surface area contributed by atoms with Crippen LogP contribution in [0.25, 0.3) is 11.0 Å². The summed E-state index contributed by atoms with van der Waals surface area (Å²) in [6.45, 7) is 2.60. The van der Waals surface area contributed by atoms with Gasteiger partial charge in [-0.1, -0.05) is 11.6 Å². The van der Waals surface area contributed by atoms with E-state index in [1.807, 2.05) is 35.1 Å². The van der Waals surface area contributed by atoms with Crippen LogP contribution in [0.15, 0.2) is 23.6 Å². The molecule has 0 bridgehead atoms. The summed E-state index contributed by atoms with van der Waals surface area (Å²) in [6.07, 6.45) is 0. The van der Waals surface area contributed by atoms with Crippen LogP contribution in [-0.2, 0) is 6.54 Å². The number of hydrogen-bond donors (Lipinski definition) is 1. The average molecular weight is 279 g/mol. The van der Waals surface area contributed by atoms with Gasteiger partial charge in [0.25, 0.3) is 0 Å². The number of aromatic nitrogens is 3. The molecule has 6 heteroatoms. The second-order valence-electron chi connectivity index (χ2n) is 4.07. The van der Waals surface area contributed by atoms with E-state index in [0.717, 1.165) is 21.7 Å². The highest BCUT2D eigenvalue weighted by Crippen LogP contribution is 2.23. The molecule has 18 heavy (non-hydrogen) atoms. The molecule has 0 spiro atoms. The van der Waals surface area contributed by atoms with E-state index in [4.69, 9.17) is 17.3 Å². The Hall–Kier alpha value is -1.59. The van der Waals surface area contributed by atoms with Crippen LogP contribution in [-0.4, -0.2) is 14.5 Å². The van der Waals surface area contributed by atoms with Gasteiger partial charge >= 0.3 is 0 Å². The summed E-state index contributed by atoms with van der Waals surface area (Å²) < 4.78 is 1.93. The van der Waals surface area contributed by atoms with E-state index in [1.54, 1.807) is 11.3 Å². The summed E-state index contributed by atoms with van der Waals surface area (Å²) in [5.74, 6) is 0.486. The number of imidazole rings is 1. The first-order valence-electron chi connectivity index (χ1n) is 5.46. The van der Waals surface area contributed by atoms with Crippen molar-refractivity contribution in [3.63, 3.8) is 0 Å². The van der Waals surface area contributed by atoms with Gasteiger partial charge in [0.1, 0.15) is 5.01 Å². The summed E-state index contributed by atoms with van der Waals surface area (Å²) in [5.41, 5.74) is 8.76. The van der Waals surface area contributed by atoms with Gasteiger partial charge in [0.05, 0.1) is 17.6 Å². The van der Waals surface area contributed by atoms with Crippen molar-refractivity contribution in [2.75, 3.05) is 5.73 Å². The third-order valence-electron chi connectivity index (χ3n) is 2.70. The molecule has 0 aliphatic heterocycles. The number of nitrogens with two attached hydrogens (primary N) is 1. The highest BCUT2D eigenvalue weighted by Gasteiger charge is 2.10. The fraction of sp³-hybridized carbons (Fsp3) is 0.167. The minimum absolute atomic E-state index is 0.486. The highest BCUT2D eigenvalue weighted by molar-refractivity contribution is 7.09. The maximum atomic E-state index is 6.01.